The highest BCUT2D eigenvalue weighted by molar-refractivity contribution is 5.99. The predicted molar refractivity (Wildman–Crippen MR) is 101 cm³/mol. The van der Waals surface area contributed by atoms with E-state index in [1.807, 2.05) is 44.2 Å². The van der Waals surface area contributed by atoms with Crippen LogP contribution >= 0.6 is 0 Å². The number of hydrogen-bond acceptors (Lipinski definition) is 4. The van der Waals surface area contributed by atoms with Crippen molar-refractivity contribution in [3.8, 4) is 0 Å². The van der Waals surface area contributed by atoms with Crippen LogP contribution in [0.3, 0.4) is 0 Å². The highest BCUT2D eigenvalue weighted by Crippen LogP contribution is 2.17. The highest BCUT2D eigenvalue weighted by Gasteiger charge is 2.19. The van der Waals surface area contributed by atoms with Gasteiger partial charge in [0.05, 0.1) is 25.6 Å². The first-order chi connectivity index (χ1) is 13.0. The molecule has 0 N–H and O–H groups in total. The van der Waals surface area contributed by atoms with Crippen molar-refractivity contribution in [1.82, 2.24) is 4.90 Å². The number of carbonyl (C=O) groups excluding carboxylic acids is 2. The van der Waals surface area contributed by atoms with E-state index in [9.17, 15) is 9.59 Å². The van der Waals surface area contributed by atoms with Crippen molar-refractivity contribution < 1.29 is 18.4 Å². The summed E-state index contributed by atoms with van der Waals surface area (Å²) in [6, 6.07) is 13.0. The summed E-state index contributed by atoms with van der Waals surface area (Å²) >= 11 is 0. The first-order valence-electron chi connectivity index (χ1n) is 8.96. The molecule has 0 bridgehead atoms. The molecule has 0 saturated heterocycles. The van der Waals surface area contributed by atoms with Gasteiger partial charge in [-0.25, -0.2) is 0 Å². The Balaban J connectivity index is 1.66. The lowest BCUT2D eigenvalue weighted by Gasteiger charge is -2.20. The number of carbonyl (C=O) groups is 2. The van der Waals surface area contributed by atoms with Gasteiger partial charge in [0.25, 0.3) is 0 Å². The fourth-order valence-electron chi connectivity index (χ4n) is 2.96. The molecule has 0 saturated carbocycles. The van der Waals surface area contributed by atoms with Crippen molar-refractivity contribution in [2.75, 3.05) is 0 Å². The van der Waals surface area contributed by atoms with E-state index in [4.69, 9.17) is 8.83 Å². The molecular weight excluding hydrogens is 342 g/mol. The van der Waals surface area contributed by atoms with Gasteiger partial charge in [-0.15, -0.1) is 0 Å². The van der Waals surface area contributed by atoms with Crippen LogP contribution in [-0.2, 0) is 17.9 Å². The molecule has 2 aromatic heterocycles. The van der Waals surface area contributed by atoms with Crippen LogP contribution in [0, 0.1) is 13.8 Å². The van der Waals surface area contributed by atoms with Gasteiger partial charge >= 0.3 is 0 Å². The van der Waals surface area contributed by atoms with Crippen LogP contribution in [0.1, 0.15) is 45.8 Å². The Bertz CT molecular complexity index is 858. The number of Topliss-reactive ketones (excluding diaryl/α,β-unsaturated/α-hetero) is 1. The van der Waals surface area contributed by atoms with E-state index in [1.54, 1.807) is 29.6 Å². The zero-order chi connectivity index (χ0) is 19.2. The molecule has 0 atom stereocenters. The number of furan rings is 2. The Hall–Kier alpha value is -3.08. The maximum absolute atomic E-state index is 12.8. The van der Waals surface area contributed by atoms with Crippen molar-refractivity contribution in [2.24, 2.45) is 0 Å². The van der Waals surface area contributed by atoms with Crippen molar-refractivity contribution in [3.05, 3.63) is 83.2 Å². The third-order valence-corrected chi connectivity index (χ3v) is 4.47. The predicted octanol–water partition coefficient (Wildman–Crippen LogP) is 4.68. The first-order valence-corrected chi connectivity index (χ1v) is 8.96. The lowest BCUT2D eigenvalue weighted by atomic mass is 9.99. The summed E-state index contributed by atoms with van der Waals surface area (Å²) in [6.45, 7) is 4.54. The SMILES string of the molecule is Cc1ccc(C)c(C(=O)CCC(=O)N(Cc2ccco2)Cc2ccco2)c1. The molecule has 0 radical (unpaired) electrons. The van der Waals surface area contributed by atoms with E-state index in [-0.39, 0.29) is 24.5 Å². The van der Waals surface area contributed by atoms with Crippen LogP contribution < -0.4 is 0 Å². The van der Waals surface area contributed by atoms with Gasteiger partial charge in [0.1, 0.15) is 11.5 Å². The average molecular weight is 365 g/mol. The summed E-state index contributed by atoms with van der Waals surface area (Å²) in [7, 11) is 0. The third kappa shape index (κ3) is 4.97. The van der Waals surface area contributed by atoms with E-state index in [0.29, 0.717) is 30.2 Å². The van der Waals surface area contributed by atoms with Gasteiger partial charge in [-0.05, 0) is 49.7 Å². The summed E-state index contributed by atoms with van der Waals surface area (Å²) in [5, 5.41) is 0. The lowest BCUT2D eigenvalue weighted by molar-refractivity contribution is -0.133. The normalized spacial score (nSPS) is 10.7. The Labute approximate surface area is 158 Å². The monoisotopic (exact) mass is 365 g/mol. The number of aryl methyl sites for hydroxylation is 2. The van der Waals surface area contributed by atoms with Crippen LogP contribution in [0.25, 0.3) is 0 Å². The smallest absolute Gasteiger partial charge is 0.223 e. The number of ketones is 1. The fourth-order valence-corrected chi connectivity index (χ4v) is 2.96. The minimum absolute atomic E-state index is 0.0134. The summed E-state index contributed by atoms with van der Waals surface area (Å²) < 4.78 is 10.7. The van der Waals surface area contributed by atoms with Gasteiger partial charge < -0.3 is 13.7 Å². The second kappa shape index (κ2) is 8.54. The summed E-state index contributed by atoms with van der Waals surface area (Å²) in [5.74, 6) is 1.26. The van der Waals surface area contributed by atoms with Crippen LogP contribution in [0.15, 0.2) is 63.8 Å². The van der Waals surface area contributed by atoms with Gasteiger partial charge in [0.15, 0.2) is 5.78 Å². The Morgan fingerprint density at radius 2 is 1.52 bits per heavy atom. The van der Waals surface area contributed by atoms with E-state index in [1.165, 1.54) is 0 Å². The Morgan fingerprint density at radius 1 is 0.889 bits per heavy atom. The number of amides is 1. The van der Waals surface area contributed by atoms with Crippen LogP contribution in [0.2, 0.25) is 0 Å². The van der Waals surface area contributed by atoms with Crippen molar-refractivity contribution in [1.29, 1.82) is 0 Å². The number of benzene rings is 1. The lowest BCUT2D eigenvalue weighted by Crippen LogP contribution is -2.30. The van der Waals surface area contributed by atoms with E-state index < -0.39 is 0 Å². The van der Waals surface area contributed by atoms with Gasteiger partial charge in [-0.3, -0.25) is 9.59 Å². The topological polar surface area (TPSA) is 63.7 Å². The van der Waals surface area contributed by atoms with Crippen molar-refractivity contribution in [2.45, 2.75) is 39.8 Å². The molecule has 1 aromatic carbocycles. The average Bonchev–Trinajstić information content (AvgIpc) is 3.35. The van der Waals surface area contributed by atoms with Crippen LogP contribution in [-0.4, -0.2) is 16.6 Å². The highest BCUT2D eigenvalue weighted by atomic mass is 16.3. The number of nitrogens with zero attached hydrogens (tertiary/aromatic N) is 1. The largest absolute Gasteiger partial charge is 0.467 e. The van der Waals surface area contributed by atoms with Gasteiger partial charge in [-0.2, -0.15) is 0 Å². The Kier molecular flexibility index (Phi) is 5.91. The maximum atomic E-state index is 12.8. The molecule has 27 heavy (non-hydrogen) atoms. The Morgan fingerprint density at radius 3 is 2.07 bits per heavy atom. The molecule has 0 fully saturated rings. The standard InChI is InChI=1S/C22H23NO4/c1-16-7-8-17(2)20(13-16)21(24)9-10-22(25)23(14-18-5-3-11-26-18)15-19-6-4-12-27-19/h3-8,11-13H,9-10,14-15H2,1-2H3. The minimum Gasteiger partial charge on any atom is -0.467 e. The minimum atomic E-state index is -0.110. The van der Waals surface area contributed by atoms with Gasteiger partial charge in [-0.1, -0.05) is 17.7 Å². The molecule has 0 unspecified atom stereocenters. The summed E-state index contributed by atoms with van der Waals surface area (Å²) in [4.78, 5) is 27.0. The molecule has 1 amide bonds. The molecule has 0 spiro atoms. The van der Waals surface area contributed by atoms with Crippen molar-refractivity contribution >= 4 is 11.7 Å². The zero-order valence-electron chi connectivity index (χ0n) is 15.6. The van der Waals surface area contributed by atoms with Gasteiger partial charge in [0, 0.05) is 18.4 Å². The van der Waals surface area contributed by atoms with E-state index in [2.05, 4.69) is 0 Å². The molecule has 5 nitrogen and oxygen atoms in total. The maximum Gasteiger partial charge on any atom is 0.223 e. The molecule has 0 aliphatic rings. The van der Waals surface area contributed by atoms with Crippen LogP contribution in [0.5, 0.6) is 0 Å². The van der Waals surface area contributed by atoms with E-state index >= 15 is 0 Å². The summed E-state index contributed by atoms with van der Waals surface area (Å²) in [6.07, 6.45) is 3.48. The molecular formula is C22H23NO4. The molecule has 0 aliphatic carbocycles. The second-order valence-corrected chi connectivity index (χ2v) is 6.65. The number of hydrogen-bond donors (Lipinski definition) is 0. The third-order valence-electron chi connectivity index (χ3n) is 4.47. The molecule has 3 rings (SSSR count). The first kappa shape index (κ1) is 18.7. The van der Waals surface area contributed by atoms with Crippen LogP contribution in [0.4, 0.5) is 0 Å². The summed E-state index contributed by atoms with van der Waals surface area (Å²) in [5.41, 5.74) is 2.65. The fraction of sp³-hybridized carbons (Fsp3) is 0.273. The molecule has 3 aromatic rings. The quantitative estimate of drug-likeness (QED) is 0.544. The molecule has 140 valence electrons. The molecule has 2 heterocycles. The second-order valence-electron chi connectivity index (χ2n) is 6.65. The van der Waals surface area contributed by atoms with E-state index in [0.717, 1.165) is 11.1 Å². The van der Waals surface area contributed by atoms with Crippen molar-refractivity contribution in [3.63, 3.8) is 0 Å². The number of rotatable bonds is 8. The van der Waals surface area contributed by atoms with Gasteiger partial charge in [0.2, 0.25) is 5.91 Å². The zero-order valence-corrected chi connectivity index (χ0v) is 15.6. The molecule has 5 heteroatoms. The molecule has 0 aliphatic heterocycles.